The molecule has 0 heterocycles. The Kier molecular flexibility index (Phi) is 4.74. The molecule has 15 heavy (non-hydrogen) atoms. The van der Waals surface area contributed by atoms with Crippen molar-refractivity contribution in [1.82, 2.24) is 5.32 Å². The molecule has 0 radical (unpaired) electrons. The molecule has 2 amide bonds. The fourth-order valence-corrected chi connectivity index (χ4v) is 0.650. The summed E-state index contributed by atoms with van der Waals surface area (Å²) in [6, 6.07) is 0. The fourth-order valence-electron chi connectivity index (χ4n) is 0.650. The molecule has 0 aliphatic heterocycles. The Bertz CT molecular complexity index is 366. The van der Waals surface area contributed by atoms with Crippen LogP contribution < -0.4 is 5.32 Å². The number of amides is 2. The molecule has 5 heteroatoms. The standard InChI is InChI=1S/C10H11NO4/c1-4-8(12)11-9(13)6(2)5-7(3)10(14)15/h4-5H,1,3H2,2H3,(H,14,15)(H,11,12,13). The van der Waals surface area contributed by atoms with Gasteiger partial charge in [-0.2, -0.15) is 0 Å². The van der Waals surface area contributed by atoms with Crippen LogP contribution in [0.25, 0.3) is 0 Å². The van der Waals surface area contributed by atoms with E-state index in [4.69, 9.17) is 5.11 Å². The largest absolute Gasteiger partial charge is 0.478 e. The van der Waals surface area contributed by atoms with Gasteiger partial charge in [-0.1, -0.05) is 13.2 Å². The average molecular weight is 209 g/mol. The summed E-state index contributed by atoms with van der Waals surface area (Å²) in [5.41, 5.74) is -0.147. The normalized spacial score (nSPS) is 10.3. The summed E-state index contributed by atoms with van der Waals surface area (Å²) >= 11 is 0. The van der Waals surface area contributed by atoms with Gasteiger partial charge < -0.3 is 5.11 Å². The molecule has 2 N–H and O–H groups in total. The van der Waals surface area contributed by atoms with Crippen molar-refractivity contribution in [1.29, 1.82) is 0 Å². The lowest BCUT2D eigenvalue weighted by molar-refractivity contribution is -0.132. The maximum absolute atomic E-state index is 11.2. The molecule has 0 bridgehead atoms. The van der Waals surface area contributed by atoms with Gasteiger partial charge in [0, 0.05) is 5.57 Å². The Morgan fingerprint density at radius 1 is 1.33 bits per heavy atom. The van der Waals surface area contributed by atoms with Gasteiger partial charge in [-0.05, 0) is 19.1 Å². The Morgan fingerprint density at radius 2 is 1.87 bits per heavy atom. The van der Waals surface area contributed by atoms with Crippen LogP contribution in [0, 0.1) is 0 Å². The van der Waals surface area contributed by atoms with Gasteiger partial charge in [-0.3, -0.25) is 14.9 Å². The third-order valence-corrected chi connectivity index (χ3v) is 1.45. The number of carboxylic acids is 1. The van der Waals surface area contributed by atoms with E-state index >= 15 is 0 Å². The summed E-state index contributed by atoms with van der Waals surface area (Å²) in [5.74, 6) is -2.55. The average Bonchev–Trinajstić information content (AvgIpc) is 2.16. The summed E-state index contributed by atoms with van der Waals surface area (Å²) in [4.78, 5) is 32.3. The molecule has 80 valence electrons. The van der Waals surface area contributed by atoms with E-state index in [2.05, 4.69) is 13.2 Å². The highest BCUT2D eigenvalue weighted by Gasteiger charge is 2.08. The maximum atomic E-state index is 11.2. The number of imide groups is 1. The van der Waals surface area contributed by atoms with E-state index in [1.165, 1.54) is 6.92 Å². The van der Waals surface area contributed by atoms with Crippen LogP contribution in [0.15, 0.2) is 36.5 Å². The van der Waals surface area contributed by atoms with Crippen molar-refractivity contribution in [2.24, 2.45) is 0 Å². The molecule has 0 atom stereocenters. The number of aliphatic carboxylic acids is 1. The molecule has 5 nitrogen and oxygen atoms in total. The van der Waals surface area contributed by atoms with E-state index < -0.39 is 17.8 Å². The van der Waals surface area contributed by atoms with Crippen LogP contribution in [0.4, 0.5) is 0 Å². The summed E-state index contributed by atoms with van der Waals surface area (Å²) in [5, 5.41) is 10.5. The second kappa shape index (κ2) is 5.54. The monoisotopic (exact) mass is 209 g/mol. The highest BCUT2D eigenvalue weighted by molar-refractivity contribution is 6.08. The molecular weight excluding hydrogens is 198 g/mol. The molecule has 0 aliphatic rings. The zero-order chi connectivity index (χ0) is 12.0. The lowest BCUT2D eigenvalue weighted by atomic mass is 10.2. The number of rotatable bonds is 4. The van der Waals surface area contributed by atoms with Crippen LogP contribution >= 0.6 is 0 Å². The second-order valence-corrected chi connectivity index (χ2v) is 2.68. The molecule has 0 fully saturated rings. The number of carbonyl (C=O) groups excluding carboxylic acids is 2. The molecule has 0 saturated heterocycles. The minimum Gasteiger partial charge on any atom is -0.478 e. The molecule has 0 aromatic rings. The van der Waals surface area contributed by atoms with Gasteiger partial charge in [0.25, 0.3) is 5.91 Å². The molecule has 0 aromatic heterocycles. The van der Waals surface area contributed by atoms with Gasteiger partial charge >= 0.3 is 5.97 Å². The number of nitrogens with one attached hydrogen (secondary N) is 1. The molecule has 0 aliphatic carbocycles. The second-order valence-electron chi connectivity index (χ2n) is 2.68. The van der Waals surface area contributed by atoms with Crippen molar-refractivity contribution < 1.29 is 19.5 Å². The smallest absolute Gasteiger partial charge is 0.335 e. The number of carboxylic acid groups (broad SMARTS) is 1. The summed E-state index contributed by atoms with van der Waals surface area (Å²) in [6.07, 6.45) is 2.02. The first-order chi connectivity index (χ1) is 6.88. The minimum atomic E-state index is -1.22. The molecule has 0 aromatic carbocycles. The zero-order valence-corrected chi connectivity index (χ0v) is 8.24. The van der Waals surface area contributed by atoms with E-state index in [1.807, 2.05) is 5.32 Å². The number of hydrogen-bond acceptors (Lipinski definition) is 3. The van der Waals surface area contributed by atoms with Crippen molar-refractivity contribution >= 4 is 17.8 Å². The Hall–Kier alpha value is -2.17. The quantitative estimate of drug-likeness (QED) is 0.518. The first-order valence-corrected chi connectivity index (χ1v) is 3.96. The van der Waals surface area contributed by atoms with Gasteiger partial charge in [0.15, 0.2) is 0 Å². The molecule has 0 unspecified atom stereocenters. The van der Waals surface area contributed by atoms with E-state index in [0.29, 0.717) is 0 Å². The van der Waals surface area contributed by atoms with Crippen molar-refractivity contribution in [3.63, 3.8) is 0 Å². The van der Waals surface area contributed by atoms with Crippen molar-refractivity contribution in [2.45, 2.75) is 6.92 Å². The Morgan fingerprint density at radius 3 is 2.27 bits per heavy atom. The summed E-state index contributed by atoms with van der Waals surface area (Å²) < 4.78 is 0. The molecule has 0 rings (SSSR count). The first kappa shape index (κ1) is 12.8. The fraction of sp³-hybridized carbons (Fsp3) is 0.100. The van der Waals surface area contributed by atoms with Crippen molar-refractivity contribution in [3.05, 3.63) is 36.5 Å². The van der Waals surface area contributed by atoms with E-state index in [0.717, 1.165) is 12.2 Å². The summed E-state index contributed by atoms with van der Waals surface area (Å²) in [6.45, 7) is 7.76. The van der Waals surface area contributed by atoms with Crippen LogP contribution in [-0.4, -0.2) is 22.9 Å². The van der Waals surface area contributed by atoms with Crippen LogP contribution in [-0.2, 0) is 14.4 Å². The summed E-state index contributed by atoms with van der Waals surface area (Å²) in [7, 11) is 0. The predicted octanol–water partition coefficient (Wildman–Crippen LogP) is 0.402. The molecule has 0 spiro atoms. The zero-order valence-electron chi connectivity index (χ0n) is 8.24. The van der Waals surface area contributed by atoms with Crippen molar-refractivity contribution in [2.75, 3.05) is 0 Å². The third-order valence-electron chi connectivity index (χ3n) is 1.45. The number of carbonyl (C=O) groups is 3. The van der Waals surface area contributed by atoms with Crippen molar-refractivity contribution in [3.8, 4) is 0 Å². The van der Waals surface area contributed by atoms with Crippen LogP contribution in [0.3, 0.4) is 0 Å². The lowest BCUT2D eigenvalue weighted by Crippen LogP contribution is -2.29. The lowest BCUT2D eigenvalue weighted by Gasteiger charge is -2.00. The van der Waals surface area contributed by atoms with E-state index in [9.17, 15) is 14.4 Å². The van der Waals surface area contributed by atoms with Gasteiger partial charge in [0.1, 0.15) is 0 Å². The molecular formula is C10H11NO4. The topological polar surface area (TPSA) is 83.5 Å². The minimum absolute atomic E-state index is 0.0811. The van der Waals surface area contributed by atoms with Gasteiger partial charge in [0.05, 0.1) is 5.57 Å². The highest BCUT2D eigenvalue weighted by atomic mass is 16.4. The van der Waals surface area contributed by atoms with Gasteiger partial charge in [-0.25, -0.2) is 4.79 Å². The Balaban J connectivity index is 4.57. The first-order valence-electron chi connectivity index (χ1n) is 3.96. The van der Waals surface area contributed by atoms with Crippen LogP contribution in [0.5, 0.6) is 0 Å². The predicted molar refractivity (Wildman–Crippen MR) is 53.9 cm³/mol. The number of hydrogen-bond donors (Lipinski definition) is 2. The van der Waals surface area contributed by atoms with E-state index in [1.54, 1.807) is 0 Å². The SMILES string of the molecule is C=CC(=O)NC(=O)C(C)=CC(=C)C(=O)O. The molecule has 0 saturated carbocycles. The maximum Gasteiger partial charge on any atom is 0.335 e. The highest BCUT2D eigenvalue weighted by Crippen LogP contribution is 2.00. The van der Waals surface area contributed by atoms with E-state index in [-0.39, 0.29) is 11.1 Å². The Labute approximate surface area is 86.8 Å². The van der Waals surface area contributed by atoms with Gasteiger partial charge in [-0.15, -0.1) is 0 Å². The van der Waals surface area contributed by atoms with Gasteiger partial charge in [0.2, 0.25) is 5.91 Å². The van der Waals surface area contributed by atoms with Crippen LogP contribution in [0.2, 0.25) is 0 Å². The third kappa shape index (κ3) is 4.56. The van der Waals surface area contributed by atoms with Crippen LogP contribution in [0.1, 0.15) is 6.92 Å².